The lowest BCUT2D eigenvalue weighted by Gasteiger charge is -2.24. The van der Waals surface area contributed by atoms with Gasteiger partial charge in [-0.15, -0.1) is 0 Å². The zero-order valence-electron chi connectivity index (χ0n) is 17.7. The van der Waals surface area contributed by atoms with E-state index in [1.54, 1.807) is 0 Å². The van der Waals surface area contributed by atoms with Crippen LogP contribution in [0.15, 0.2) is 67.0 Å². The monoisotopic (exact) mass is 413 g/mol. The lowest BCUT2D eigenvalue weighted by molar-refractivity contribution is -0.383. The minimum atomic E-state index is -0.423. The summed E-state index contributed by atoms with van der Waals surface area (Å²) in [6, 6.07) is 19.8. The Bertz CT molecular complexity index is 1250. The van der Waals surface area contributed by atoms with Gasteiger partial charge in [-0.3, -0.25) is 10.1 Å². The second-order valence-corrected chi connectivity index (χ2v) is 7.40. The first-order valence-corrected chi connectivity index (χ1v) is 10.1. The minimum absolute atomic E-state index is 0.156. The number of hydrogen-bond acceptors (Lipinski definition) is 6. The van der Waals surface area contributed by atoms with Gasteiger partial charge in [0.25, 0.3) is 0 Å². The Balaban J connectivity index is 1.85. The number of anilines is 4. The molecule has 0 radical (unpaired) electrons. The summed E-state index contributed by atoms with van der Waals surface area (Å²) in [5.41, 5.74) is 3.57. The molecule has 0 aliphatic carbocycles. The second-order valence-electron chi connectivity index (χ2n) is 7.40. The number of nitrogens with zero attached hydrogens (tertiary/aromatic N) is 4. The normalized spacial score (nSPS) is 10.8. The van der Waals surface area contributed by atoms with Crippen molar-refractivity contribution in [2.45, 2.75) is 20.8 Å². The van der Waals surface area contributed by atoms with Crippen molar-refractivity contribution in [3.8, 4) is 0 Å². The molecule has 0 amide bonds. The van der Waals surface area contributed by atoms with Gasteiger partial charge in [0.2, 0.25) is 11.6 Å². The van der Waals surface area contributed by atoms with Gasteiger partial charge in [-0.05, 0) is 55.5 Å². The lowest BCUT2D eigenvalue weighted by atomic mass is 10.1. The first-order chi connectivity index (χ1) is 15.0. The van der Waals surface area contributed by atoms with Crippen molar-refractivity contribution in [3.05, 3.63) is 88.2 Å². The molecular formula is C24H23N5O2. The van der Waals surface area contributed by atoms with Crippen LogP contribution in [0.25, 0.3) is 10.8 Å². The number of fused-ring (bicyclic) bond motifs is 1. The summed E-state index contributed by atoms with van der Waals surface area (Å²) in [5, 5.41) is 17.3. The highest BCUT2D eigenvalue weighted by Gasteiger charge is 2.28. The van der Waals surface area contributed by atoms with E-state index in [-0.39, 0.29) is 17.3 Å². The van der Waals surface area contributed by atoms with Crippen LogP contribution in [0.2, 0.25) is 0 Å². The van der Waals surface area contributed by atoms with Crippen molar-refractivity contribution in [2.75, 3.05) is 16.8 Å². The van der Waals surface area contributed by atoms with Crippen LogP contribution in [0.1, 0.15) is 18.1 Å². The van der Waals surface area contributed by atoms with Gasteiger partial charge >= 0.3 is 5.69 Å². The zero-order chi connectivity index (χ0) is 22.0. The Morgan fingerprint density at radius 1 is 1.00 bits per heavy atom. The molecule has 7 nitrogen and oxygen atoms in total. The van der Waals surface area contributed by atoms with Crippen molar-refractivity contribution in [3.63, 3.8) is 0 Å². The Morgan fingerprint density at radius 3 is 2.42 bits per heavy atom. The van der Waals surface area contributed by atoms with E-state index in [0.717, 1.165) is 33.3 Å². The van der Waals surface area contributed by atoms with E-state index in [1.165, 1.54) is 6.33 Å². The van der Waals surface area contributed by atoms with Gasteiger partial charge in [0.05, 0.1) is 10.6 Å². The molecule has 0 atom stereocenters. The molecule has 0 fully saturated rings. The van der Waals surface area contributed by atoms with Crippen molar-refractivity contribution in [1.82, 2.24) is 9.97 Å². The molecule has 31 heavy (non-hydrogen) atoms. The van der Waals surface area contributed by atoms with E-state index in [4.69, 9.17) is 0 Å². The fraction of sp³-hybridized carbons (Fsp3) is 0.167. The molecule has 0 unspecified atom stereocenters. The molecule has 0 saturated carbocycles. The van der Waals surface area contributed by atoms with Crippen LogP contribution >= 0.6 is 0 Å². The molecule has 0 aliphatic rings. The maximum absolute atomic E-state index is 12.1. The molecule has 4 rings (SSSR count). The van der Waals surface area contributed by atoms with E-state index in [0.29, 0.717) is 6.54 Å². The molecular weight excluding hydrogens is 390 g/mol. The van der Waals surface area contributed by atoms with Crippen molar-refractivity contribution in [1.29, 1.82) is 0 Å². The fourth-order valence-electron chi connectivity index (χ4n) is 3.89. The van der Waals surface area contributed by atoms with Crippen LogP contribution < -0.4 is 10.2 Å². The standard InChI is InChI=1S/C24H23N5O2/c1-4-28(21-11-7-9-18-8-5-6-10-20(18)21)24-22(29(30)31)23(25-15-26-24)27-19-13-16(2)12-17(3)14-19/h5-15H,4H2,1-3H3,(H,25,26,27). The zero-order valence-corrected chi connectivity index (χ0v) is 17.7. The Hall–Kier alpha value is -4.00. The Labute approximate surface area is 180 Å². The molecule has 0 saturated heterocycles. The third-order valence-corrected chi connectivity index (χ3v) is 5.10. The number of aryl methyl sites for hydroxylation is 2. The first-order valence-electron chi connectivity index (χ1n) is 10.1. The van der Waals surface area contributed by atoms with E-state index in [1.807, 2.05) is 86.3 Å². The number of hydrogen-bond donors (Lipinski definition) is 1. The highest BCUT2D eigenvalue weighted by atomic mass is 16.6. The van der Waals surface area contributed by atoms with Crippen molar-refractivity contribution < 1.29 is 4.92 Å². The van der Waals surface area contributed by atoms with Gasteiger partial charge in [-0.25, -0.2) is 9.97 Å². The third kappa shape index (κ3) is 4.02. The highest BCUT2D eigenvalue weighted by molar-refractivity contribution is 5.97. The average molecular weight is 413 g/mol. The molecule has 0 spiro atoms. The van der Waals surface area contributed by atoms with Crippen LogP contribution in [-0.2, 0) is 0 Å². The molecule has 1 N–H and O–H groups in total. The van der Waals surface area contributed by atoms with Crippen molar-refractivity contribution >= 4 is 39.5 Å². The first kappa shape index (κ1) is 20.3. The topological polar surface area (TPSA) is 84.2 Å². The van der Waals surface area contributed by atoms with Gasteiger partial charge in [-0.2, -0.15) is 0 Å². The van der Waals surface area contributed by atoms with E-state index in [2.05, 4.69) is 15.3 Å². The smallest absolute Gasteiger partial charge is 0.334 e. The predicted octanol–water partition coefficient (Wildman–Crippen LogP) is 6.06. The van der Waals surface area contributed by atoms with Crippen LogP contribution in [0.5, 0.6) is 0 Å². The van der Waals surface area contributed by atoms with Gasteiger partial charge in [-0.1, -0.05) is 42.5 Å². The van der Waals surface area contributed by atoms with Crippen LogP contribution in [0.4, 0.5) is 28.7 Å². The summed E-state index contributed by atoms with van der Waals surface area (Å²) in [5.74, 6) is 0.421. The molecule has 0 bridgehead atoms. The fourth-order valence-corrected chi connectivity index (χ4v) is 3.89. The van der Waals surface area contributed by atoms with Crippen molar-refractivity contribution in [2.24, 2.45) is 0 Å². The minimum Gasteiger partial charge on any atom is -0.334 e. The van der Waals surface area contributed by atoms with Gasteiger partial charge in [0, 0.05) is 17.6 Å². The number of aromatic nitrogens is 2. The maximum atomic E-state index is 12.1. The van der Waals surface area contributed by atoms with Gasteiger partial charge in [0.1, 0.15) is 6.33 Å². The molecule has 1 heterocycles. The Kier molecular flexibility index (Phi) is 5.49. The van der Waals surface area contributed by atoms with E-state index in [9.17, 15) is 10.1 Å². The quantitative estimate of drug-likeness (QED) is 0.306. The summed E-state index contributed by atoms with van der Waals surface area (Å²) in [6.07, 6.45) is 1.36. The summed E-state index contributed by atoms with van der Waals surface area (Å²) in [4.78, 5) is 22.1. The van der Waals surface area contributed by atoms with E-state index >= 15 is 0 Å². The maximum Gasteiger partial charge on any atom is 0.354 e. The number of nitrogens with one attached hydrogen (secondary N) is 1. The second kappa shape index (κ2) is 8.39. The molecule has 7 heteroatoms. The molecule has 1 aromatic heterocycles. The molecule has 0 aliphatic heterocycles. The molecule has 3 aromatic carbocycles. The lowest BCUT2D eigenvalue weighted by Crippen LogP contribution is -2.20. The highest BCUT2D eigenvalue weighted by Crippen LogP contribution is 2.39. The molecule has 4 aromatic rings. The third-order valence-electron chi connectivity index (χ3n) is 5.10. The average Bonchev–Trinajstić information content (AvgIpc) is 2.73. The number of nitro groups is 1. The summed E-state index contributed by atoms with van der Waals surface area (Å²) >= 11 is 0. The largest absolute Gasteiger partial charge is 0.354 e. The number of rotatable bonds is 6. The van der Waals surface area contributed by atoms with Gasteiger partial charge < -0.3 is 10.2 Å². The van der Waals surface area contributed by atoms with Crippen LogP contribution in [0, 0.1) is 24.0 Å². The van der Waals surface area contributed by atoms with E-state index < -0.39 is 4.92 Å². The van der Waals surface area contributed by atoms with Gasteiger partial charge in [0.15, 0.2) is 0 Å². The summed E-state index contributed by atoms with van der Waals surface area (Å²) < 4.78 is 0. The number of benzene rings is 3. The SMILES string of the molecule is CCN(c1ncnc(Nc2cc(C)cc(C)c2)c1[N+](=O)[O-])c1cccc2ccccc12. The predicted molar refractivity (Wildman–Crippen MR) is 125 cm³/mol. The van der Waals surface area contributed by atoms with Crippen LogP contribution in [-0.4, -0.2) is 21.4 Å². The summed E-state index contributed by atoms with van der Waals surface area (Å²) in [7, 11) is 0. The molecule has 156 valence electrons. The van der Waals surface area contributed by atoms with Crippen LogP contribution in [0.3, 0.4) is 0 Å². The Morgan fingerprint density at radius 2 is 1.71 bits per heavy atom. The summed E-state index contributed by atoms with van der Waals surface area (Å²) in [6.45, 7) is 6.42.